The Balaban J connectivity index is 1.66. The standard InChI is InChI=1S/C17H21N3O3S/c1-12-6-9-24-16(12)11-19-17(22)18-7-8-23-15-5-3-4-14(10-15)20-13(2)21/h3-6,9-10H,7-8,11H2,1-2H3,(H,20,21)(H2,18,19,22). The molecule has 0 aliphatic rings. The average Bonchev–Trinajstić information content (AvgIpc) is 2.94. The van der Waals surface area contributed by atoms with Crippen molar-refractivity contribution in [2.75, 3.05) is 18.5 Å². The number of aryl methyl sites for hydroxylation is 1. The number of carbonyl (C=O) groups is 2. The second-order valence-corrected chi connectivity index (χ2v) is 6.19. The maximum Gasteiger partial charge on any atom is 0.315 e. The van der Waals surface area contributed by atoms with E-state index in [2.05, 4.69) is 16.0 Å². The number of benzene rings is 1. The van der Waals surface area contributed by atoms with E-state index in [9.17, 15) is 9.59 Å². The molecule has 0 saturated heterocycles. The first-order valence-electron chi connectivity index (χ1n) is 7.59. The summed E-state index contributed by atoms with van der Waals surface area (Å²) in [6.45, 7) is 4.73. The number of anilines is 1. The number of amides is 3. The Bertz CT molecular complexity index is 700. The van der Waals surface area contributed by atoms with Gasteiger partial charge in [-0.15, -0.1) is 11.3 Å². The van der Waals surface area contributed by atoms with Crippen molar-refractivity contribution in [3.05, 3.63) is 46.2 Å². The molecule has 1 heterocycles. The van der Waals surface area contributed by atoms with Gasteiger partial charge in [0.05, 0.1) is 13.1 Å². The molecule has 2 rings (SSSR count). The zero-order valence-electron chi connectivity index (χ0n) is 13.7. The highest BCUT2D eigenvalue weighted by Gasteiger charge is 2.04. The molecule has 24 heavy (non-hydrogen) atoms. The Labute approximate surface area is 145 Å². The van der Waals surface area contributed by atoms with E-state index in [1.165, 1.54) is 12.5 Å². The Kier molecular flexibility index (Phi) is 6.62. The van der Waals surface area contributed by atoms with Crippen LogP contribution in [0.1, 0.15) is 17.4 Å². The van der Waals surface area contributed by atoms with Gasteiger partial charge in [-0.1, -0.05) is 6.07 Å². The van der Waals surface area contributed by atoms with Gasteiger partial charge in [0.15, 0.2) is 0 Å². The fourth-order valence-electron chi connectivity index (χ4n) is 2.01. The van der Waals surface area contributed by atoms with Crippen molar-refractivity contribution in [1.82, 2.24) is 10.6 Å². The van der Waals surface area contributed by atoms with Gasteiger partial charge in [0, 0.05) is 23.6 Å². The third-order valence-corrected chi connectivity index (χ3v) is 4.21. The normalized spacial score (nSPS) is 10.1. The third kappa shape index (κ3) is 5.92. The largest absolute Gasteiger partial charge is 0.492 e. The first-order valence-corrected chi connectivity index (χ1v) is 8.47. The van der Waals surface area contributed by atoms with E-state index in [4.69, 9.17) is 4.74 Å². The van der Waals surface area contributed by atoms with Gasteiger partial charge in [0.1, 0.15) is 12.4 Å². The summed E-state index contributed by atoms with van der Waals surface area (Å²) in [4.78, 5) is 23.9. The van der Waals surface area contributed by atoms with E-state index in [-0.39, 0.29) is 11.9 Å². The Morgan fingerprint density at radius 1 is 1.21 bits per heavy atom. The van der Waals surface area contributed by atoms with Crippen LogP contribution in [0.5, 0.6) is 5.75 Å². The van der Waals surface area contributed by atoms with Crippen molar-refractivity contribution < 1.29 is 14.3 Å². The lowest BCUT2D eigenvalue weighted by atomic mass is 10.3. The summed E-state index contributed by atoms with van der Waals surface area (Å²) in [5.41, 5.74) is 1.86. The molecule has 6 nitrogen and oxygen atoms in total. The van der Waals surface area contributed by atoms with E-state index >= 15 is 0 Å². The van der Waals surface area contributed by atoms with Crippen LogP contribution in [0.2, 0.25) is 0 Å². The number of rotatable bonds is 7. The number of carbonyl (C=O) groups excluding carboxylic acids is 2. The molecular formula is C17H21N3O3S. The number of hydrogen-bond donors (Lipinski definition) is 3. The molecule has 0 aliphatic heterocycles. The highest BCUT2D eigenvalue weighted by Crippen LogP contribution is 2.17. The molecule has 2 aromatic rings. The molecule has 128 valence electrons. The molecule has 3 amide bonds. The van der Waals surface area contributed by atoms with Crippen molar-refractivity contribution in [3.8, 4) is 5.75 Å². The fourth-order valence-corrected chi connectivity index (χ4v) is 2.85. The van der Waals surface area contributed by atoms with Crippen LogP contribution in [0.25, 0.3) is 0 Å². The summed E-state index contributed by atoms with van der Waals surface area (Å²) < 4.78 is 5.56. The van der Waals surface area contributed by atoms with Crippen LogP contribution in [0.4, 0.5) is 10.5 Å². The summed E-state index contributed by atoms with van der Waals surface area (Å²) >= 11 is 1.63. The quantitative estimate of drug-likeness (QED) is 0.674. The van der Waals surface area contributed by atoms with Gasteiger partial charge in [0.2, 0.25) is 5.91 Å². The minimum atomic E-state index is -0.224. The minimum Gasteiger partial charge on any atom is -0.492 e. The molecule has 7 heteroatoms. The second-order valence-electron chi connectivity index (χ2n) is 5.19. The van der Waals surface area contributed by atoms with Gasteiger partial charge in [-0.3, -0.25) is 4.79 Å². The first kappa shape index (κ1) is 17.8. The molecular weight excluding hydrogens is 326 g/mol. The minimum absolute atomic E-state index is 0.133. The summed E-state index contributed by atoms with van der Waals surface area (Å²) in [6, 6.07) is 8.92. The molecule has 0 unspecified atom stereocenters. The SMILES string of the molecule is CC(=O)Nc1cccc(OCCNC(=O)NCc2sccc2C)c1. The molecule has 0 spiro atoms. The fraction of sp³-hybridized carbons (Fsp3) is 0.294. The second kappa shape index (κ2) is 8.93. The van der Waals surface area contributed by atoms with Crippen LogP contribution >= 0.6 is 11.3 Å². The van der Waals surface area contributed by atoms with E-state index in [1.807, 2.05) is 18.4 Å². The highest BCUT2D eigenvalue weighted by molar-refractivity contribution is 7.10. The molecule has 0 saturated carbocycles. The van der Waals surface area contributed by atoms with Crippen molar-refractivity contribution >= 4 is 29.0 Å². The average molecular weight is 347 g/mol. The van der Waals surface area contributed by atoms with Gasteiger partial charge in [0.25, 0.3) is 0 Å². The van der Waals surface area contributed by atoms with Crippen LogP contribution in [0.15, 0.2) is 35.7 Å². The summed E-state index contributed by atoms with van der Waals surface area (Å²) in [7, 11) is 0. The van der Waals surface area contributed by atoms with Crippen LogP contribution in [-0.4, -0.2) is 25.1 Å². The Morgan fingerprint density at radius 3 is 2.75 bits per heavy atom. The predicted molar refractivity (Wildman–Crippen MR) is 95.5 cm³/mol. The van der Waals surface area contributed by atoms with Gasteiger partial charge < -0.3 is 20.7 Å². The molecule has 1 aromatic carbocycles. The maximum absolute atomic E-state index is 11.7. The molecule has 0 aliphatic carbocycles. The molecule has 0 fully saturated rings. The topological polar surface area (TPSA) is 79.5 Å². The van der Waals surface area contributed by atoms with Crippen LogP contribution in [0.3, 0.4) is 0 Å². The van der Waals surface area contributed by atoms with Crippen molar-refractivity contribution in [2.45, 2.75) is 20.4 Å². The van der Waals surface area contributed by atoms with Crippen LogP contribution in [-0.2, 0) is 11.3 Å². The number of nitrogens with one attached hydrogen (secondary N) is 3. The van der Waals surface area contributed by atoms with Crippen molar-refractivity contribution in [1.29, 1.82) is 0 Å². The van der Waals surface area contributed by atoms with Gasteiger partial charge in [-0.05, 0) is 36.1 Å². The number of hydrogen-bond acceptors (Lipinski definition) is 4. The lowest BCUT2D eigenvalue weighted by Gasteiger charge is -2.10. The van der Waals surface area contributed by atoms with E-state index < -0.39 is 0 Å². The molecule has 1 aromatic heterocycles. The van der Waals surface area contributed by atoms with E-state index in [1.54, 1.807) is 35.6 Å². The molecule has 0 radical (unpaired) electrons. The molecule has 0 atom stereocenters. The maximum atomic E-state index is 11.7. The third-order valence-electron chi connectivity index (χ3n) is 3.19. The van der Waals surface area contributed by atoms with E-state index in [0.29, 0.717) is 31.1 Å². The highest BCUT2D eigenvalue weighted by atomic mass is 32.1. The molecule has 3 N–H and O–H groups in total. The summed E-state index contributed by atoms with van der Waals surface area (Å²) in [5.74, 6) is 0.504. The molecule has 0 bridgehead atoms. The van der Waals surface area contributed by atoms with Gasteiger partial charge in [-0.2, -0.15) is 0 Å². The summed E-state index contributed by atoms with van der Waals surface area (Å²) in [5, 5.41) is 10.3. The Morgan fingerprint density at radius 2 is 2.04 bits per heavy atom. The number of urea groups is 1. The number of thiophene rings is 1. The van der Waals surface area contributed by atoms with Crippen LogP contribution < -0.4 is 20.7 Å². The van der Waals surface area contributed by atoms with E-state index in [0.717, 1.165) is 4.88 Å². The lowest BCUT2D eigenvalue weighted by Crippen LogP contribution is -2.37. The summed E-state index contributed by atoms with van der Waals surface area (Å²) in [6.07, 6.45) is 0. The van der Waals surface area contributed by atoms with Gasteiger partial charge >= 0.3 is 6.03 Å². The van der Waals surface area contributed by atoms with Crippen molar-refractivity contribution in [2.24, 2.45) is 0 Å². The lowest BCUT2D eigenvalue weighted by molar-refractivity contribution is -0.114. The number of ether oxygens (including phenoxy) is 1. The zero-order chi connectivity index (χ0) is 17.4. The smallest absolute Gasteiger partial charge is 0.315 e. The Hall–Kier alpha value is -2.54. The first-order chi connectivity index (χ1) is 11.5. The van der Waals surface area contributed by atoms with Crippen molar-refractivity contribution in [3.63, 3.8) is 0 Å². The monoisotopic (exact) mass is 347 g/mol. The van der Waals surface area contributed by atoms with Crippen LogP contribution in [0, 0.1) is 6.92 Å². The predicted octanol–water partition coefficient (Wildman–Crippen LogP) is 2.89. The zero-order valence-corrected chi connectivity index (χ0v) is 14.5. The van der Waals surface area contributed by atoms with Gasteiger partial charge in [-0.25, -0.2) is 4.79 Å².